The monoisotopic (exact) mass is 353 g/mol. The Hall–Kier alpha value is -0.520. The van der Waals surface area contributed by atoms with Gasteiger partial charge in [-0.05, 0) is 32.5 Å². The molecule has 1 rings (SSSR count). The van der Waals surface area contributed by atoms with Crippen molar-refractivity contribution in [3.05, 3.63) is 28.2 Å². The zero-order valence-corrected chi connectivity index (χ0v) is 14.8. The predicted octanol–water partition coefficient (Wildman–Crippen LogP) is 3.41. The summed E-state index contributed by atoms with van der Waals surface area (Å²) in [5.74, 6) is -0.161. The van der Waals surface area contributed by atoms with Crippen LogP contribution in [0.3, 0.4) is 0 Å². The topological polar surface area (TPSA) is 58.4 Å². The molecule has 0 unspecified atom stereocenters. The van der Waals surface area contributed by atoms with E-state index in [2.05, 4.69) is 5.32 Å². The molecule has 21 heavy (non-hydrogen) atoms. The molecule has 0 aliphatic heterocycles. The molecule has 3 N–H and O–H groups in total. The number of hydrogen-bond donors (Lipinski definition) is 2. The van der Waals surface area contributed by atoms with Gasteiger partial charge in [0.1, 0.15) is 0 Å². The largest absolute Gasteiger partial charge is 0.324 e. The molecule has 0 aliphatic rings. The number of para-hydroxylation sites is 1. The Morgan fingerprint density at radius 3 is 2.29 bits per heavy atom. The van der Waals surface area contributed by atoms with Gasteiger partial charge in [0.25, 0.3) is 0 Å². The van der Waals surface area contributed by atoms with Crippen LogP contribution in [0.2, 0.25) is 10.0 Å². The Morgan fingerprint density at radius 1 is 1.33 bits per heavy atom. The van der Waals surface area contributed by atoms with Crippen molar-refractivity contribution in [3.63, 3.8) is 0 Å². The number of carbonyl (C=O) groups excluding carboxylic acids is 1. The third kappa shape index (κ3) is 7.34. The number of nitrogens with two attached hydrogens (primary N) is 1. The van der Waals surface area contributed by atoms with Gasteiger partial charge in [-0.1, -0.05) is 36.2 Å². The molecule has 0 bridgehead atoms. The molecule has 0 atom stereocenters. The van der Waals surface area contributed by atoms with E-state index in [0.29, 0.717) is 22.3 Å². The van der Waals surface area contributed by atoms with E-state index >= 15 is 0 Å². The van der Waals surface area contributed by atoms with Crippen LogP contribution in [0.4, 0.5) is 5.69 Å². The van der Waals surface area contributed by atoms with Gasteiger partial charge in [-0.2, -0.15) is 0 Å². The van der Waals surface area contributed by atoms with Crippen LogP contribution < -0.4 is 11.1 Å². The minimum atomic E-state index is -0.349. The highest BCUT2D eigenvalue weighted by molar-refractivity contribution is 6.39. The van der Waals surface area contributed by atoms with Crippen molar-refractivity contribution < 1.29 is 4.79 Å². The van der Waals surface area contributed by atoms with E-state index in [0.717, 1.165) is 6.54 Å². The lowest BCUT2D eigenvalue weighted by Crippen LogP contribution is -2.47. The van der Waals surface area contributed by atoms with Gasteiger partial charge < -0.3 is 11.1 Å². The van der Waals surface area contributed by atoms with Crippen LogP contribution in [0.25, 0.3) is 0 Å². The van der Waals surface area contributed by atoms with Crippen LogP contribution >= 0.6 is 35.6 Å². The summed E-state index contributed by atoms with van der Waals surface area (Å²) in [6.45, 7) is 7.47. The molecular formula is C14H22Cl3N3O. The van der Waals surface area contributed by atoms with Crippen LogP contribution in [-0.4, -0.2) is 36.0 Å². The summed E-state index contributed by atoms with van der Waals surface area (Å²) in [4.78, 5) is 14.0. The number of nitrogens with zero attached hydrogens (tertiary/aromatic N) is 1. The van der Waals surface area contributed by atoms with Gasteiger partial charge in [0.05, 0.1) is 22.3 Å². The van der Waals surface area contributed by atoms with Crippen molar-refractivity contribution >= 4 is 47.2 Å². The molecular weight excluding hydrogens is 333 g/mol. The van der Waals surface area contributed by atoms with E-state index in [1.165, 1.54) is 0 Å². The van der Waals surface area contributed by atoms with Gasteiger partial charge in [-0.15, -0.1) is 12.4 Å². The van der Waals surface area contributed by atoms with Crippen molar-refractivity contribution in [1.29, 1.82) is 0 Å². The van der Waals surface area contributed by atoms with Gasteiger partial charge in [-0.25, -0.2) is 0 Å². The first-order valence-corrected chi connectivity index (χ1v) is 7.23. The summed E-state index contributed by atoms with van der Waals surface area (Å²) in [6, 6.07) is 5.10. The number of hydrogen-bond acceptors (Lipinski definition) is 3. The maximum Gasteiger partial charge on any atom is 0.238 e. The Balaban J connectivity index is 0.00000400. The van der Waals surface area contributed by atoms with Crippen molar-refractivity contribution in [2.24, 2.45) is 5.73 Å². The van der Waals surface area contributed by atoms with Gasteiger partial charge in [0.2, 0.25) is 5.91 Å². The fourth-order valence-electron chi connectivity index (χ4n) is 1.86. The van der Waals surface area contributed by atoms with Crippen molar-refractivity contribution in [2.45, 2.75) is 26.3 Å². The molecule has 0 aromatic heterocycles. The Labute approximate surface area is 142 Å². The molecule has 4 nitrogen and oxygen atoms in total. The maximum absolute atomic E-state index is 12.1. The van der Waals surface area contributed by atoms with Crippen LogP contribution in [0, 0.1) is 0 Å². The smallest absolute Gasteiger partial charge is 0.238 e. The number of carbonyl (C=O) groups is 1. The third-order valence-electron chi connectivity index (χ3n) is 2.67. The van der Waals surface area contributed by atoms with E-state index in [-0.39, 0.29) is 30.4 Å². The highest BCUT2D eigenvalue weighted by atomic mass is 35.5. The first-order valence-electron chi connectivity index (χ1n) is 6.48. The lowest BCUT2D eigenvalue weighted by Gasteiger charge is -2.28. The van der Waals surface area contributed by atoms with E-state index in [1.54, 1.807) is 18.2 Å². The summed E-state index contributed by atoms with van der Waals surface area (Å²) in [7, 11) is 0. The zero-order valence-electron chi connectivity index (χ0n) is 12.5. The highest BCUT2D eigenvalue weighted by Crippen LogP contribution is 2.29. The molecule has 1 aromatic carbocycles. The molecule has 0 saturated heterocycles. The Bertz CT molecular complexity index is 455. The average Bonchev–Trinajstić information content (AvgIpc) is 2.31. The average molecular weight is 355 g/mol. The molecule has 0 fully saturated rings. The molecule has 0 heterocycles. The lowest BCUT2D eigenvalue weighted by molar-refractivity contribution is -0.117. The molecule has 0 aliphatic carbocycles. The number of nitrogens with one attached hydrogen (secondary N) is 1. The van der Waals surface area contributed by atoms with Crippen LogP contribution in [0.15, 0.2) is 18.2 Å². The van der Waals surface area contributed by atoms with E-state index in [9.17, 15) is 4.79 Å². The normalized spacial score (nSPS) is 11.2. The molecule has 0 radical (unpaired) electrons. The number of benzene rings is 1. The van der Waals surface area contributed by atoms with Crippen molar-refractivity contribution in [1.82, 2.24) is 4.90 Å². The van der Waals surface area contributed by atoms with Gasteiger partial charge in [-0.3, -0.25) is 9.69 Å². The lowest BCUT2D eigenvalue weighted by atomic mass is 10.1. The Morgan fingerprint density at radius 2 is 1.86 bits per heavy atom. The van der Waals surface area contributed by atoms with Crippen molar-refractivity contribution in [3.8, 4) is 0 Å². The van der Waals surface area contributed by atoms with Crippen LogP contribution in [0.1, 0.15) is 20.8 Å². The fraction of sp³-hybridized carbons (Fsp3) is 0.500. The first kappa shape index (κ1) is 20.5. The highest BCUT2D eigenvalue weighted by Gasteiger charge is 2.18. The van der Waals surface area contributed by atoms with E-state index in [4.69, 9.17) is 28.9 Å². The maximum atomic E-state index is 12.1. The summed E-state index contributed by atoms with van der Waals surface area (Å²) in [6.07, 6.45) is 0. The minimum absolute atomic E-state index is 0. The standard InChI is InChI=1S/C14H21Cl2N3O.ClH/c1-4-19(9-14(2,3)17)8-12(20)18-13-10(15)6-5-7-11(13)16;/h5-7H,4,8-9,17H2,1-3H3,(H,18,20);1H. The second-order valence-corrected chi connectivity index (χ2v) is 6.25. The summed E-state index contributed by atoms with van der Waals surface area (Å²) >= 11 is 12.0. The molecule has 1 aromatic rings. The first-order chi connectivity index (χ1) is 9.23. The number of halogens is 3. The summed E-state index contributed by atoms with van der Waals surface area (Å²) in [5, 5.41) is 3.59. The second-order valence-electron chi connectivity index (χ2n) is 5.44. The molecule has 120 valence electrons. The SMILES string of the molecule is CCN(CC(=O)Nc1c(Cl)cccc1Cl)CC(C)(C)N.Cl. The minimum Gasteiger partial charge on any atom is -0.324 e. The summed E-state index contributed by atoms with van der Waals surface area (Å²) in [5.41, 5.74) is 6.07. The third-order valence-corrected chi connectivity index (χ3v) is 3.30. The molecule has 7 heteroatoms. The quantitative estimate of drug-likeness (QED) is 0.823. The van der Waals surface area contributed by atoms with Crippen LogP contribution in [-0.2, 0) is 4.79 Å². The number of amides is 1. The number of anilines is 1. The predicted molar refractivity (Wildman–Crippen MR) is 92.7 cm³/mol. The molecule has 0 saturated carbocycles. The van der Waals surface area contributed by atoms with Crippen molar-refractivity contribution in [2.75, 3.05) is 25.0 Å². The number of rotatable bonds is 6. The molecule has 0 spiro atoms. The van der Waals surface area contributed by atoms with Crippen LogP contribution in [0.5, 0.6) is 0 Å². The number of likely N-dealkylation sites (N-methyl/N-ethyl adjacent to an activating group) is 1. The van der Waals surface area contributed by atoms with Gasteiger partial charge >= 0.3 is 0 Å². The van der Waals surface area contributed by atoms with E-state index in [1.807, 2.05) is 25.7 Å². The second kappa shape index (κ2) is 8.81. The Kier molecular flexibility index (Phi) is 8.59. The van der Waals surface area contributed by atoms with E-state index < -0.39 is 0 Å². The zero-order chi connectivity index (χ0) is 15.3. The molecule has 1 amide bonds. The van der Waals surface area contributed by atoms with Gasteiger partial charge in [0, 0.05) is 12.1 Å². The summed E-state index contributed by atoms with van der Waals surface area (Å²) < 4.78 is 0. The fourth-order valence-corrected chi connectivity index (χ4v) is 2.35. The van der Waals surface area contributed by atoms with Gasteiger partial charge in [0.15, 0.2) is 0 Å².